The molecule has 0 radical (unpaired) electrons. The zero-order chi connectivity index (χ0) is 33.1. The molecule has 0 aliphatic carbocycles. The molecule has 0 aromatic heterocycles. The molecule has 0 aliphatic rings. The van der Waals surface area contributed by atoms with Gasteiger partial charge in [0.15, 0.2) is 5.41 Å². The van der Waals surface area contributed by atoms with Crippen molar-refractivity contribution in [3.05, 3.63) is 0 Å². The Morgan fingerprint density at radius 2 is 0.533 bits per heavy atom. The van der Waals surface area contributed by atoms with Crippen LogP contribution in [0.5, 0.6) is 0 Å². The average Bonchev–Trinajstić information content (AvgIpc) is 3.05. The molecule has 268 valence electrons. The maximum atomic E-state index is 13.0. The largest absolute Gasteiger partial charge is 0.465 e. The normalized spacial score (nSPS) is 11.6. The van der Waals surface area contributed by atoms with E-state index in [0.29, 0.717) is 26.1 Å². The van der Waals surface area contributed by atoms with Crippen LogP contribution in [0.25, 0.3) is 0 Å². The molecule has 45 heavy (non-hydrogen) atoms. The summed E-state index contributed by atoms with van der Waals surface area (Å²) in [6.07, 6.45) is 40.2. The van der Waals surface area contributed by atoms with Crippen molar-refractivity contribution in [3.8, 4) is 0 Å². The highest BCUT2D eigenvalue weighted by molar-refractivity contribution is 5.99. The maximum absolute atomic E-state index is 13.0. The highest BCUT2D eigenvalue weighted by Crippen LogP contribution is 2.30. The summed E-state index contributed by atoms with van der Waals surface area (Å²) in [5.74, 6) is -0.779. The second kappa shape index (κ2) is 34.3. The van der Waals surface area contributed by atoms with Gasteiger partial charge in [-0.2, -0.15) is 0 Å². The molecule has 0 fully saturated rings. The molecule has 4 nitrogen and oxygen atoms in total. The summed E-state index contributed by atoms with van der Waals surface area (Å²) >= 11 is 0. The predicted molar refractivity (Wildman–Crippen MR) is 195 cm³/mol. The van der Waals surface area contributed by atoms with Gasteiger partial charge in [0.2, 0.25) is 0 Å². The lowest BCUT2D eigenvalue weighted by Gasteiger charge is -2.27. The van der Waals surface area contributed by atoms with Gasteiger partial charge < -0.3 is 9.47 Å². The smallest absolute Gasteiger partial charge is 0.323 e. The number of carbonyl (C=O) groups is 2. The van der Waals surface area contributed by atoms with Gasteiger partial charge >= 0.3 is 11.9 Å². The molecule has 0 heterocycles. The van der Waals surface area contributed by atoms with Crippen molar-refractivity contribution in [1.29, 1.82) is 0 Å². The van der Waals surface area contributed by atoms with Crippen molar-refractivity contribution in [2.24, 2.45) is 5.41 Å². The molecule has 0 aromatic carbocycles. The second-order valence-corrected chi connectivity index (χ2v) is 14.0. The fourth-order valence-corrected chi connectivity index (χ4v) is 6.46. The van der Waals surface area contributed by atoms with Gasteiger partial charge in [0.25, 0.3) is 0 Å². The molecule has 0 amide bonds. The van der Waals surface area contributed by atoms with Crippen molar-refractivity contribution in [1.82, 2.24) is 0 Å². The molecule has 0 atom stereocenters. The molecule has 0 unspecified atom stereocenters. The molecule has 0 N–H and O–H groups in total. The minimum atomic E-state index is -1.15. The molecule has 0 rings (SSSR count). The lowest BCUT2D eigenvalue weighted by atomic mass is 9.82. The third kappa shape index (κ3) is 25.7. The van der Waals surface area contributed by atoms with E-state index in [9.17, 15) is 9.59 Å². The number of ether oxygens (including phenoxy) is 2. The molecular formula is C41H80O4. The average molecular weight is 637 g/mol. The van der Waals surface area contributed by atoms with E-state index in [2.05, 4.69) is 13.8 Å². The maximum Gasteiger partial charge on any atom is 0.323 e. The second-order valence-electron chi connectivity index (χ2n) is 14.0. The Morgan fingerprint density at radius 1 is 0.333 bits per heavy atom. The van der Waals surface area contributed by atoms with E-state index >= 15 is 0 Å². The van der Waals surface area contributed by atoms with Crippen LogP contribution in [0.15, 0.2) is 0 Å². The van der Waals surface area contributed by atoms with E-state index in [4.69, 9.17) is 9.47 Å². The standard InChI is InChI=1S/C41H80O4/c1-5-9-11-13-15-17-19-21-23-25-27-29-31-33-35-37-44-39(42)41(7-3,8-4)40(43)45-38-36-34-32-30-28-26-24-22-20-18-16-14-12-10-6-2/h5-38H2,1-4H3. The zero-order valence-corrected chi connectivity index (χ0v) is 31.2. The fraction of sp³-hybridized carbons (Fsp3) is 0.951. The van der Waals surface area contributed by atoms with Crippen LogP contribution in [0.3, 0.4) is 0 Å². The molecule has 0 aliphatic heterocycles. The summed E-state index contributed by atoms with van der Waals surface area (Å²) < 4.78 is 11.2. The number of unbranched alkanes of at least 4 members (excludes halogenated alkanes) is 28. The van der Waals surface area contributed by atoms with Gasteiger partial charge in [0.05, 0.1) is 13.2 Å². The summed E-state index contributed by atoms with van der Waals surface area (Å²) in [4.78, 5) is 25.9. The van der Waals surface area contributed by atoms with Crippen LogP contribution in [-0.4, -0.2) is 25.2 Å². The Kier molecular flexibility index (Phi) is 33.5. The molecule has 0 spiro atoms. The number of hydrogen-bond acceptors (Lipinski definition) is 4. The van der Waals surface area contributed by atoms with Crippen LogP contribution in [0.2, 0.25) is 0 Å². The van der Waals surface area contributed by atoms with E-state index in [1.165, 1.54) is 167 Å². The fourth-order valence-electron chi connectivity index (χ4n) is 6.46. The predicted octanol–water partition coefficient (Wildman–Crippen LogP) is 13.6. The van der Waals surface area contributed by atoms with E-state index in [0.717, 1.165) is 25.7 Å². The van der Waals surface area contributed by atoms with Crippen molar-refractivity contribution in [2.45, 2.75) is 233 Å². The SMILES string of the molecule is CCCCCCCCCCCCCCCCCOC(=O)C(CC)(CC)C(=O)OCCCCCCCCCCCCCCCCC. The first-order valence-electron chi connectivity index (χ1n) is 20.4. The minimum Gasteiger partial charge on any atom is -0.465 e. The van der Waals surface area contributed by atoms with Crippen LogP contribution in [0, 0.1) is 5.41 Å². The van der Waals surface area contributed by atoms with Gasteiger partial charge in [-0.05, 0) is 25.7 Å². The Bertz CT molecular complexity index is 577. The van der Waals surface area contributed by atoms with Crippen molar-refractivity contribution >= 4 is 11.9 Å². The van der Waals surface area contributed by atoms with Crippen LogP contribution < -0.4 is 0 Å². The molecule has 0 bridgehead atoms. The van der Waals surface area contributed by atoms with E-state index < -0.39 is 5.41 Å². The third-order valence-corrected chi connectivity index (χ3v) is 9.95. The molecular weight excluding hydrogens is 556 g/mol. The van der Waals surface area contributed by atoms with Crippen LogP contribution >= 0.6 is 0 Å². The van der Waals surface area contributed by atoms with Gasteiger partial charge in [-0.15, -0.1) is 0 Å². The Morgan fingerprint density at radius 3 is 0.733 bits per heavy atom. The van der Waals surface area contributed by atoms with E-state index in [-0.39, 0.29) is 11.9 Å². The summed E-state index contributed by atoms with van der Waals surface area (Å²) in [5.41, 5.74) is -1.15. The molecule has 0 saturated heterocycles. The van der Waals surface area contributed by atoms with Crippen LogP contribution in [0.1, 0.15) is 233 Å². The zero-order valence-electron chi connectivity index (χ0n) is 31.2. The Balaban J connectivity index is 3.77. The summed E-state index contributed by atoms with van der Waals surface area (Å²) in [5, 5.41) is 0. The van der Waals surface area contributed by atoms with E-state index in [1.54, 1.807) is 0 Å². The first-order chi connectivity index (χ1) is 22.1. The van der Waals surface area contributed by atoms with Crippen molar-refractivity contribution < 1.29 is 19.1 Å². The van der Waals surface area contributed by atoms with Gasteiger partial charge in [-0.3, -0.25) is 9.59 Å². The molecule has 0 aromatic rings. The van der Waals surface area contributed by atoms with Gasteiger partial charge in [-0.25, -0.2) is 0 Å². The van der Waals surface area contributed by atoms with Crippen LogP contribution in [-0.2, 0) is 19.1 Å². The Labute approximate surface area is 282 Å². The highest BCUT2D eigenvalue weighted by Gasteiger charge is 2.45. The number of rotatable bonds is 36. The lowest BCUT2D eigenvalue weighted by molar-refractivity contribution is -0.173. The first-order valence-corrected chi connectivity index (χ1v) is 20.4. The Hall–Kier alpha value is -1.06. The number of esters is 2. The van der Waals surface area contributed by atoms with Gasteiger partial charge in [0.1, 0.15) is 0 Å². The quantitative estimate of drug-likeness (QED) is 0.0390. The summed E-state index contributed by atoms with van der Waals surface area (Å²) in [6, 6.07) is 0. The number of hydrogen-bond donors (Lipinski definition) is 0. The van der Waals surface area contributed by atoms with Gasteiger partial charge in [-0.1, -0.05) is 207 Å². The lowest BCUT2D eigenvalue weighted by Crippen LogP contribution is -2.41. The minimum absolute atomic E-state index is 0.389. The molecule has 4 heteroatoms. The van der Waals surface area contributed by atoms with Crippen LogP contribution in [0.4, 0.5) is 0 Å². The topological polar surface area (TPSA) is 52.6 Å². The monoisotopic (exact) mass is 637 g/mol. The van der Waals surface area contributed by atoms with Gasteiger partial charge in [0, 0.05) is 0 Å². The third-order valence-electron chi connectivity index (χ3n) is 9.95. The molecule has 0 saturated carbocycles. The number of carbonyl (C=O) groups excluding carboxylic acids is 2. The van der Waals surface area contributed by atoms with Crippen molar-refractivity contribution in [2.75, 3.05) is 13.2 Å². The summed E-state index contributed by atoms with van der Waals surface area (Å²) in [6.45, 7) is 9.16. The highest BCUT2D eigenvalue weighted by atomic mass is 16.6. The van der Waals surface area contributed by atoms with Crippen molar-refractivity contribution in [3.63, 3.8) is 0 Å². The first kappa shape index (κ1) is 43.9. The summed E-state index contributed by atoms with van der Waals surface area (Å²) in [7, 11) is 0. The van der Waals surface area contributed by atoms with E-state index in [1.807, 2.05) is 13.8 Å².